The van der Waals surface area contributed by atoms with Gasteiger partial charge in [-0.05, 0) is 25.6 Å². The van der Waals surface area contributed by atoms with Crippen LogP contribution in [0.4, 0.5) is 24.8 Å². The average molecular weight is 450 g/mol. The molecule has 32 heavy (non-hydrogen) atoms. The molecule has 0 radical (unpaired) electrons. The van der Waals surface area contributed by atoms with E-state index in [1.165, 1.54) is 6.33 Å². The summed E-state index contributed by atoms with van der Waals surface area (Å²) in [6.45, 7) is 1.65. The molecule has 0 amide bonds. The summed E-state index contributed by atoms with van der Waals surface area (Å²) in [5.41, 5.74) is -0.423. The summed E-state index contributed by atoms with van der Waals surface area (Å²) in [6, 6.07) is 5.71. The number of anilines is 2. The van der Waals surface area contributed by atoms with Gasteiger partial charge in [0.2, 0.25) is 0 Å². The summed E-state index contributed by atoms with van der Waals surface area (Å²) in [7, 11) is 1.91. The fraction of sp³-hybridized carbons (Fsp3) is 0.500. The summed E-state index contributed by atoms with van der Waals surface area (Å²) >= 11 is 0. The van der Waals surface area contributed by atoms with Crippen molar-refractivity contribution >= 4 is 22.8 Å². The van der Waals surface area contributed by atoms with Crippen molar-refractivity contribution < 1.29 is 18.3 Å². The van der Waals surface area contributed by atoms with Gasteiger partial charge in [-0.3, -0.25) is 0 Å². The number of fused-ring (bicyclic) bond motifs is 1. The predicted octanol–water partition coefficient (Wildman–Crippen LogP) is 1.77. The van der Waals surface area contributed by atoms with E-state index < -0.39 is 18.3 Å². The lowest BCUT2D eigenvalue weighted by Crippen LogP contribution is -2.45. The van der Waals surface area contributed by atoms with Gasteiger partial charge in [-0.2, -0.15) is 13.2 Å². The first-order chi connectivity index (χ1) is 15.2. The Hall–Kier alpha value is -2.99. The van der Waals surface area contributed by atoms with E-state index in [1.807, 2.05) is 30.1 Å². The first-order valence-corrected chi connectivity index (χ1v) is 10.3. The van der Waals surface area contributed by atoms with E-state index >= 15 is 0 Å². The maximum absolute atomic E-state index is 12.7. The molecule has 4 heterocycles. The number of alkyl halides is 3. The normalized spacial score (nSPS) is 19.2. The second-order valence-corrected chi connectivity index (χ2v) is 8.13. The Labute approximate surface area is 182 Å². The molecular formula is C20H25F3N8O. The smallest absolute Gasteiger partial charge is 0.387 e. The number of imidazole rings is 1. The molecule has 0 saturated carbocycles. The molecule has 1 saturated heterocycles. The quantitative estimate of drug-likeness (QED) is 0.536. The van der Waals surface area contributed by atoms with E-state index in [-0.39, 0.29) is 5.65 Å². The van der Waals surface area contributed by atoms with Crippen molar-refractivity contribution in [2.75, 3.05) is 50.0 Å². The molecular weight excluding hydrogens is 425 g/mol. The third-order valence-corrected chi connectivity index (χ3v) is 5.41. The highest BCUT2D eigenvalue weighted by molar-refractivity contribution is 5.82. The molecule has 0 aromatic carbocycles. The standard InChI is InChI=1S/C20H25F3N8O/c1-29(10-19(32)5-8-30(11-19)15-4-2-3-6-24-15)9-7-25-17-16-18(27-13-26-17)31(14-28-16)12-20(21,22)23/h2-4,6,13-14,32H,5,7-12H2,1H3,(H,25,26,27). The molecule has 1 aliphatic heterocycles. The van der Waals surface area contributed by atoms with Gasteiger partial charge in [0.15, 0.2) is 11.5 Å². The predicted molar refractivity (Wildman–Crippen MR) is 113 cm³/mol. The van der Waals surface area contributed by atoms with E-state index in [0.29, 0.717) is 43.9 Å². The minimum Gasteiger partial charge on any atom is -0.387 e. The fourth-order valence-electron chi connectivity index (χ4n) is 3.99. The Morgan fingerprint density at radius 2 is 2.06 bits per heavy atom. The number of aliphatic hydroxyl groups is 1. The monoisotopic (exact) mass is 450 g/mol. The largest absolute Gasteiger partial charge is 0.406 e. The van der Waals surface area contributed by atoms with E-state index in [1.54, 1.807) is 6.20 Å². The van der Waals surface area contributed by atoms with Crippen molar-refractivity contribution in [1.29, 1.82) is 0 Å². The molecule has 0 aliphatic carbocycles. The van der Waals surface area contributed by atoms with E-state index in [2.05, 4.69) is 30.2 Å². The molecule has 1 fully saturated rings. The van der Waals surface area contributed by atoms with Gasteiger partial charge in [0, 0.05) is 38.9 Å². The lowest BCUT2D eigenvalue weighted by Gasteiger charge is -2.29. The molecule has 3 aromatic heterocycles. The number of halogens is 3. The first kappa shape index (κ1) is 22.2. The van der Waals surface area contributed by atoms with E-state index in [4.69, 9.17) is 0 Å². The van der Waals surface area contributed by atoms with Crippen molar-refractivity contribution in [1.82, 2.24) is 29.4 Å². The molecule has 12 heteroatoms. The van der Waals surface area contributed by atoms with Crippen LogP contribution in [0.15, 0.2) is 37.1 Å². The van der Waals surface area contributed by atoms with Crippen LogP contribution in [0.2, 0.25) is 0 Å². The number of likely N-dealkylation sites (N-methyl/N-ethyl adjacent to an activating group) is 1. The molecule has 1 unspecified atom stereocenters. The van der Waals surface area contributed by atoms with Crippen LogP contribution in [-0.2, 0) is 6.54 Å². The highest BCUT2D eigenvalue weighted by Gasteiger charge is 2.37. The van der Waals surface area contributed by atoms with E-state index in [0.717, 1.165) is 23.3 Å². The van der Waals surface area contributed by atoms with Crippen LogP contribution in [-0.4, -0.2) is 86.1 Å². The lowest BCUT2D eigenvalue weighted by atomic mass is 10.0. The zero-order valence-corrected chi connectivity index (χ0v) is 17.6. The van der Waals surface area contributed by atoms with Gasteiger partial charge in [0.05, 0.1) is 11.9 Å². The van der Waals surface area contributed by atoms with Crippen LogP contribution >= 0.6 is 0 Å². The lowest BCUT2D eigenvalue weighted by molar-refractivity contribution is -0.140. The second kappa shape index (κ2) is 8.87. The van der Waals surface area contributed by atoms with Crippen molar-refractivity contribution in [2.24, 2.45) is 0 Å². The molecule has 1 aliphatic rings. The highest BCUT2D eigenvalue weighted by atomic mass is 19.4. The van der Waals surface area contributed by atoms with Crippen LogP contribution in [0.5, 0.6) is 0 Å². The van der Waals surface area contributed by atoms with Crippen molar-refractivity contribution in [3.8, 4) is 0 Å². The van der Waals surface area contributed by atoms with Gasteiger partial charge in [0.25, 0.3) is 0 Å². The third kappa shape index (κ3) is 5.25. The van der Waals surface area contributed by atoms with Gasteiger partial charge >= 0.3 is 6.18 Å². The minimum atomic E-state index is -4.36. The zero-order chi connectivity index (χ0) is 22.8. The van der Waals surface area contributed by atoms with Crippen molar-refractivity contribution in [2.45, 2.75) is 24.7 Å². The maximum atomic E-state index is 12.7. The number of nitrogens with one attached hydrogen (secondary N) is 1. The van der Waals surface area contributed by atoms with Gasteiger partial charge in [0.1, 0.15) is 24.2 Å². The van der Waals surface area contributed by atoms with Gasteiger partial charge < -0.3 is 24.8 Å². The van der Waals surface area contributed by atoms with Gasteiger partial charge in [-0.25, -0.2) is 19.9 Å². The van der Waals surface area contributed by atoms with Crippen LogP contribution in [0.25, 0.3) is 11.2 Å². The average Bonchev–Trinajstić information content (AvgIpc) is 3.32. The summed E-state index contributed by atoms with van der Waals surface area (Å²) < 4.78 is 39.1. The number of hydrogen-bond acceptors (Lipinski definition) is 8. The van der Waals surface area contributed by atoms with Gasteiger partial charge in [-0.15, -0.1) is 0 Å². The molecule has 2 N–H and O–H groups in total. The van der Waals surface area contributed by atoms with Crippen LogP contribution < -0.4 is 10.2 Å². The highest BCUT2D eigenvalue weighted by Crippen LogP contribution is 2.26. The zero-order valence-electron chi connectivity index (χ0n) is 17.6. The van der Waals surface area contributed by atoms with Crippen LogP contribution in [0.1, 0.15) is 6.42 Å². The van der Waals surface area contributed by atoms with E-state index in [9.17, 15) is 18.3 Å². The van der Waals surface area contributed by atoms with Crippen LogP contribution in [0.3, 0.4) is 0 Å². The number of hydrogen-bond donors (Lipinski definition) is 2. The summed E-state index contributed by atoms with van der Waals surface area (Å²) in [4.78, 5) is 20.5. The molecule has 9 nitrogen and oxygen atoms in total. The number of nitrogens with zero attached hydrogens (tertiary/aromatic N) is 7. The summed E-state index contributed by atoms with van der Waals surface area (Å²) in [5, 5.41) is 14.1. The molecule has 172 valence electrons. The number of rotatable bonds is 8. The second-order valence-electron chi connectivity index (χ2n) is 8.13. The third-order valence-electron chi connectivity index (χ3n) is 5.41. The van der Waals surface area contributed by atoms with Crippen LogP contribution in [0, 0.1) is 0 Å². The Balaban J connectivity index is 1.31. The number of β-amino-alcohol motifs (C(OH)–C–C–N with tert-alkyl or cyclic N) is 1. The summed E-state index contributed by atoms with van der Waals surface area (Å²) in [5.74, 6) is 1.23. The molecule has 1 atom stereocenters. The fourth-order valence-corrected chi connectivity index (χ4v) is 3.99. The Morgan fingerprint density at radius 3 is 2.81 bits per heavy atom. The van der Waals surface area contributed by atoms with Gasteiger partial charge in [-0.1, -0.05) is 6.07 Å². The first-order valence-electron chi connectivity index (χ1n) is 10.3. The maximum Gasteiger partial charge on any atom is 0.406 e. The topological polar surface area (TPSA) is 95.2 Å². The number of pyridine rings is 1. The SMILES string of the molecule is CN(CCNc1ncnc2c1ncn2CC(F)(F)F)CC1(O)CCN(c2ccccn2)C1. The number of aromatic nitrogens is 5. The van der Waals surface area contributed by atoms with Crippen molar-refractivity contribution in [3.63, 3.8) is 0 Å². The summed E-state index contributed by atoms with van der Waals surface area (Å²) in [6.07, 6.45) is 0.357. The van der Waals surface area contributed by atoms with Crippen molar-refractivity contribution in [3.05, 3.63) is 37.1 Å². The molecule has 4 rings (SSSR count). The molecule has 0 bridgehead atoms. The Morgan fingerprint density at radius 1 is 1.22 bits per heavy atom. The Kier molecular flexibility index (Phi) is 6.15. The molecule has 0 spiro atoms. The minimum absolute atomic E-state index is 0.128. The Bertz CT molecular complexity index is 1040. The molecule has 3 aromatic rings.